The standard InChI is InChI=1S/C31H33ClF2N7O3P/c1-7-23-26(24(8-2)36-30(35-23)45(5,6)44)41-28-20(15-21(32)25(37-28)19-11-9-10-12-22(19)34)27(38-31(41)43)40-14-13-39(16-17(40)3)29(42)18(4)33/h9-12,15,17H,4,7-8,13-14,16H2,1-3,5-6H3/t17-/m0/s1. The fraction of sp³-hybridized carbons (Fsp3) is 0.355. The fourth-order valence-electron chi connectivity index (χ4n) is 5.53. The molecule has 0 spiro atoms. The lowest BCUT2D eigenvalue weighted by atomic mass is 10.1. The van der Waals surface area contributed by atoms with Crippen LogP contribution in [0, 0.1) is 5.82 Å². The molecule has 1 amide bonds. The van der Waals surface area contributed by atoms with Gasteiger partial charge in [0.25, 0.3) is 5.91 Å². The molecule has 1 aliphatic rings. The van der Waals surface area contributed by atoms with Gasteiger partial charge < -0.3 is 14.4 Å². The van der Waals surface area contributed by atoms with E-state index in [1.165, 1.54) is 15.5 Å². The number of nitrogens with zero attached hydrogens (tertiary/aromatic N) is 7. The number of rotatable bonds is 7. The predicted octanol–water partition coefficient (Wildman–Crippen LogP) is 4.92. The summed E-state index contributed by atoms with van der Waals surface area (Å²) in [6, 6.07) is 7.27. The van der Waals surface area contributed by atoms with Crippen molar-refractivity contribution in [2.75, 3.05) is 37.9 Å². The van der Waals surface area contributed by atoms with E-state index >= 15 is 4.39 Å². The smallest absolute Gasteiger partial charge is 0.350 e. The van der Waals surface area contributed by atoms with Crippen LogP contribution in [0.4, 0.5) is 14.6 Å². The number of pyridine rings is 1. The Morgan fingerprint density at radius 1 is 1.09 bits per heavy atom. The Bertz CT molecular complexity index is 1940. The maximum atomic E-state index is 15.0. The predicted molar refractivity (Wildman–Crippen MR) is 173 cm³/mol. The molecule has 1 aliphatic heterocycles. The molecule has 10 nitrogen and oxygen atoms in total. The molecule has 0 N–H and O–H groups in total. The molecule has 4 aromatic rings. The van der Waals surface area contributed by atoms with Crippen LogP contribution in [0.1, 0.15) is 32.2 Å². The van der Waals surface area contributed by atoms with Gasteiger partial charge in [-0.3, -0.25) is 4.79 Å². The third-order valence-electron chi connectivity index (χ3n) is 7.74. The molecule has 0 bridgehead atoms. The van der Waals surface area contributed by atoms with E-state index in [2.05, 4.69) is 21.5 Å². The number of aromatic nitrogens is 5. The number of carbonyl (C=O) groups excluding carboxylic acids is 1. The number of amides is 1. The van der Waals surface area contributed by atoms with Crippen LogP contribution in [0.15, 0.2) is 47.5 Å². The number of hydrogen-bond acceptors (Lipinski definition) is 8. The molecule has 1 aromatic carbocycles. The maximum absolute atomic E-state index is 15.0. The quantitative estimate of drug-likeness (QED) is 0.204. The number of hydrogen-bond donors (Lipinski definition) is 0. The van der Waals surface area contributed by atoms with E-state index in [0.29, 0.717) is 35.3 Å². The highest BCUT2D eigenvalue weighted by Crippen LogP contribution is 2.37. The molecule has 0 radical (unpaired) electrons. The highest BCUT2D eigenvalue weighted by molar-refractivity contribution is 7.69. The van der Waals surface area contributed by atoms with Crippen LogP contribution in [-0.4, -0.2) is 74.3 Å². The van der Waals surface area contributed by atoms with E-state index in [0.717, 1.165) is 0 Å². The molecule has 14 heteroatoms. The second-order valence-corrected chi connectivity index (χ2v) is 14.8. The van der Waals surface area contributed by atoms with Crippen molar-refractivity contribution in [3.8, 4) is 16.9 Å². The summed E-state index contributed by atoms with van der Waals surface area (Å²) in [5.41, 5.74) is 1.26. The van der Waals surface area contributed by atoms with Crippen molar-refractivity contribution in [1.82, 2.24) is 29.4 Å². The largest absolute Gasteiger partial charge is 0.355 e. The lowest BCUT2D eigenvalue weighted by Gasteiger charge is -2.40. The van der Waals surface area contributed by atoms with Gasteiger partial charge in [-0.15, -0.1) is 0 Å². The van der Waals surface area contributed by atoms with Crippen LogP contribution in [0.5, 0.6) is 0 Å². The summed E-state index contributed by atoms with van der Waals surface area (Å²) in [6.45, 7) is 12.4. The Morgan fingerprint density at radius 2 is 1.73 bits per heavy atom. The minimum Gasteiger partial charge on any atom is -0.350 e. The summed E-state index contributed by atoms with van der Waals surface area (Å²) in [4.78, 5) is 48.1. The van der Waals surface area contributed by atoms with E-state index in [9.17, 15) is 18.5 Å². The number of carbonyl (C=O) groups is 1. The Balaban J connectivity index is 1.82. The first-order valence-electron chi connectivity index (χ1n) is 14.5. The third kappa shape index (κ3) is 6.01. The van der Waals surface area contributed by atoms with Crippen molar-refractivity contribution in [3.63, 3.8) is 0 Å². The minimum absolute atomic E-state index is 0.123. The van der Waals surface area contributed by atoms with E-state index in [1.54, 1.807) is 37.6 Å². The fourth-order valence-corrected chi connectivity index (χ4v) is 6.50. The summed E-state index contributed by atoms with van der Waals surface area (Å²) < 4.78 is 43.0. The van der Waals surface area contributed by atoms with Gasteiger partial charge in [-0.25, -0.2) is 33.1 Å². The van der Waals surface area contributed by atoms with Crippen molar-refractivity contribution in [1.29, 1.82) is 0 Å². The molecule has 0 unspecified atom stereocenters. The van der Waals surface area contributed by atoms with Gasteiger partial charge in [0, 0.05) is 31.2 Å². The molecule has 4 heterocycles. The molecular weight excluding hydrogens is 623 g/mol. The monoisotopic (exact) mass is 655 g/mol. The number of aryl methyl sites for hydroxylation is 2. The van der Waals surface area contributed by atoms with Crippen LogP contribution in [-0.2, 0) is 22.2 Å². The van der Waals surface area contributed by atoms with Crippen LogP contribution in [0.2, 0.25) is 5.02 Å². The Labute approximate surface area is 264 Å². The van der Waals surface area contributed by atoms with Gasteiger partial charge in [-0.05, 0) is 51.3 Å². The Hall–Kier alpha value is -4.02. The Morgan fingerprint density at radius 3 is 2.29 bits per heavy atom. The summed E-state index contributed by atoms with van der Waals surface area (Å²) in [5, 5.41) is 0.526. The van der Waals surface area contributed by atoms with Crippen molar-refractivity contribution < 1.29 is 18.1 Å². The molecule has 0 saturated carbocycles. The molecule has 5 rings (SSSR count). The zero-order valence-corrected chi connectivity index (χ0v) is 27.3. The Kier molecular flexibility index (Phi) is 8.92. The lowest BCUT2D eigenvalue weighted by molar-refractivity contribution is -0.129. The zero-order valence-electron chi connectivity index (χ0n) is 25.6. The van der Waals surface area contributed by atoms with Crippen LogP contribution < -0.4 is 16.2 Å². The van der Waals surface area contributed by atoms with Crippen molar-refractivity contribution in [2.24, 2.45) is 0 Å². The number of benzene rings is 1. The second-order valence-electron chi connectivity index (χ2n) is 11.2. The average molecular weight is 656 g/mol. The SMILES string of the molecule is C=C(F)C(=O)N1CCN(c2nc(=O)n(-c3c(CC)nc(P(C)(C)=O)nc3CC)c3nc(-c4ccccc4F)c(Cl)cc23)[C@@H](C)C1. The maximum Gasteiger partial charge on any atom is 0.355 e. The summed E-state index contributed by atoms with van der Waals surface area (Å²) in [5.74, 6) is -2.12. The first-order valence-corrected chi connectivity index (χ1v) is 17.5. The summed E-state index contributed by atoms with van der Waals surface area (Å²) >= 11 is 6.76. The first kappa shape index (κ1) is 32.4. The molecule has 1 fully saturated rings. The van der Waals surface area contributed by atoms with E-state index < -0.39 is 30.4 Å². The lowest BCUT2D eigenvalue weighted by Crippen LogP contribution is -2.54. The van der Waals surface area contributed by atoms with E-state index in [-0.39, 0.29) is 59.0 Å². The number of fused-ring (bicyclic) bond motifs is 1. The third-order valence-corrected chi connectivity index (χ3v) is 9.19. The normalized spacial score (nSPS) is 15.5. The molecule has 1 saturated heterocycles. The second kappa shape index (κ2) is 12.4. The van der Waals surface area contributed by atoms with Crippen molar-refractivity contribution in [3.05, 3.63) is 75.4 Å². The molecule has 1 atom stereocenters. The van der Waals surface area contributed by atoms with Crippen LogP contribution in [0.3, 0.4) is 0 Å². The van der Waals surface area contributed by atoms with Gasteiger partial charge in [0.15, 0.2) is 17.0 Å². The van der Waals surface area contributed by atoms with Gasteiger partial charge >= 0.3 is 5.69 Å². The van der Waals surface area contributed by atoms with Crippen molar-refractivity contribution >= 4 is 47.1 Å². The molecular formula is C31H33ClF2N7O3P. The number of anilines is 1. The summed E-state index contributed by atoms with van der Waals surface area (Å²) in [7, 11) is -2.84. The highest BCUT2D eigenvalue weighted by atomic mass is 35.5. The van der Waals surface area contributed by atoms with Gasteiger partial charge in [-0.2, -0.15) is 4.98 Å². The van der Waals surface area contributed by atoms with E-state index in [1.807, 2.05) is 25.7 Å². The molecule has 45 heavy (non-hydrogen) atoms. The summed E-state index contributed by atoms with van der Waals surface area (Å²) in [6.07, 6.45) is 0.766. The molecule has 3 aromatic heterocycles. The first-order chi connectivity index (χ1) is 21.3. The highest BCUT2D eigenvalue weighted by Gasteiger charge is 2.32. The van der Waals surface area contributed by atoms with Crippen LogP contribution in [0.25, 0.3) is 28.0 Å². The van der Waals surface area contributed by atoms with Gasteiger partial charge in [0.05, 0.1) is 33.2 Å². The number of piperazine rings is 1. The van der Waals surface area contributed by atoms with Gasteiger partial charge in [0.1, 0.15) is 18.8 Å². The zero-order chi connectivity index (χ0) is 32.8. The number of halogens is 3. The average Bonchev–Trinajstić information content (AvgIpc) is 2.99. The topological polar surface area (TPSA) is 114 Å². The van der Waals surface area contributed by atoms with Gasteiger partial charge in [-0.1, -0.05) is 44.2 Å². The minimum atomic E-state index is -2.84. The molecule has 236 valence electrons. The van der Waals surface area contributed by atoms with Gasteiger partial charge in [0.2, 0.25) is 0 Å². The van der Waals surface area contributed by atoms with E-state index in [4.69, 9.17) is 16.6 Å². The molecule has 0 aliphatic carbocycles. The van der Waals surface area contributed by atoms with Crippen LogP contribution >= 0.6 is 18.7 Å². The van der Waals surface area contributed by atoms with Crippen molar-refractivity contribution in [2.45, 2.75) is 39.7 Å².